The summed E-state index contributed by atoms with van der Waals surface area (Å²) in [6.07, 6.45) is 3.12. The topological polar surface area (TPSA) is 146 Å². The summed E-state index contributed by atoms with van der Waals surface area (Å²) < 4.78 is 52.8. The van der Waals surface area contributed by atoms with Crippen molar-refractivity contribution in [3.8, 4) is 23.1 Å². The molecule has 0 aliphatic heterocycles. The molecule has 36 heavy (non-hydrogen) atoms. The van der Waals surface area contributed by atoms with Crippen molar-refractivity contribution < 1.29 is 27.4 Å². The van der Waals surface area contributed by atoms with Gasteiger partial charge in [0.2, 0.25) is 15.9 Å². The molecule has 0 amide bonds. The maximum Gasteiger partial charge on any atom is 0.286 e. The zero-order chi connectivity index (χ0) is 26.5. The Morgan fingerprint density at radius 2 is 1.78 bits per heavy atom. The molecule has 2 N–H and O–H groups in total. The first-order valence-corrected chi connectivity index (χ1v) is 12.8. The van der Waals surface area contributed by atoms with Gasteiger partial charge >= 0.3 is 0 Å². The fourth-order valence-electron chi connectivity index (χ4n) is 3.68. The minimum absolute atomic E-state index is 0.101. The van der Waals surface area contributed by atoms with Gasteiger partial charge in [-0.1, -0.05) is 26.3 Å². The lowest BCUT2D eigenvalue weighted by Gasteiger charge is -2.22. The van der Waals surface area contributed by atoms with Crippen molar-refractivity contribution >= 4 is 15.7 Å². The number of aromatic nitrogens is 4. The highest BCUT2D eigenvalue weighted by Crippen LogP contribution is 2.35. The van der Waals surface area contributed by atoms with Crippen LogP contribution < -0.4 is 19.8 Å². The van der Waals surface area contributed by atoms with Crippen LogP contribution in [0.4, 0.5) is 10.1 Å². The smallest absolute Gasteiger partial charge is 0.286 e. The molecule has 0 radical (unpaired) electrons. The molecule has 0 saturated carbocycles. The molecule has 0 saturated heterocycles. The van der Waals surface area contributed by atoms with E-state index in [1.807, 2.05) is 13.8 Å². The number of aromatic hydroxyl groups is 1. The third-order valence-electron chi connectivity index (χ3n) is 5.40. The summed E-state index contributed by atoms with van der Waals surface area (Å²) in [5, 5.41) is 10.6. The van der Waals surface area contributed by atoms with E-state index in [0.29, 0.717) is 6.42 Å². The lowest BCUT2D eigenvalue weighted by Crippen LogP contribution is -2.31. The predicted octanol–water partition coefficient (Wildman–Crippen LogP) is 2.77. The third kappa shape index (κ3) is 5.90. The van der Waals surface area contributed by atoms with E-state index in [2.05, 4.69) is 19.7 Å². The second-order valence-electron chi connectivity index (χ2n) is 8.00. The van der Waals surface area contributed by atoms with Crippen LogP contribution >= 0.6 is 0 Å². The molecular formula is C23H28FN5O6S. The Labute approximate surface area is 208 Å². The number of anilines is 1. The Kier molecular flexibility index (Phi) is 8.45. The van der Waals surface area contributed by atoms with E-state index in [4.69, 9.17) is 9.47 Å². The summed E-state index contributed by atoms with van der Waals surface area (Å²) >= 11 is 0. The predicted molar refractivity (Wildman–Crippen MR) is 131 cm³/mol. The van der Waals surface area contributed by atoms with E-state index in [9.17, 15) is 22.7 Å². The highest BCUT2D eigenvalue weighted by atomic mass is 32.2. The zero-order valence-corrected chi connectivity index (χ0v) is 21.2. The molecule has 3 rings (SSSR count). The average Bonchev–Trinajstić information content (AvgIpc) is 2.85. The van der Waals surface area contributed by atoms with Crippen molar-refractivity contribution in [1.29, 1.82) is 0 Å². The molecule has 1 aromatic carbocycles. The van der Waals surface area contributed by atoms with Gasteiger partial charge in [-0.3, -0.25) is 14.1 Å². The minimum Gasteiger partial charge on any atom is -0.494 e. The highest BCUT2D eigenvalue weighted by Gasteiger charge is 2.27. The van der Waals surface area contributed by atoms with E-state index in [1.165, 1.54) is 18.8 Å². The molecule has 3 aromatic rings. The van der Waals surface area contributed by atoms with Crippen LogP contribution in [0.15, 0.2) is 35.4 Å². The van der Waals surface area contributed by atoms with Crippen molar-refractivity contribution in [3.63, 3.8) is 0 Å². The van der Waals surface area contributed by atoms with Crippen molar-refractivity contribution in [2.45, 2.75) is 39.0 Å². The molecule has 0 unspecified atom stereocenters. The Bertz CT molecular complexity index is 1360. The van der Waals surface area contributed by atoms with Gasteiger partial charge in [0.1, 0.15) is 28.8 Å². The molecule has 2 heterocycles. The average molecular weight is 522 g/mol. The van der Waals surface area contributed by atoms with Gasteiger partial charge in [0.15, 0.2) is 11.5 Å². The number of nitrogens with zero attached hydrogens (tertiary/aromatic N) is 4. The van der Waals surface area contributed by atoms with Crippen LogP contribution in [0.1, 0.15) is 44.3 Å². The number of benzene rings is 1. The van der Waals surface area contributed by atoms with Gasteiger partial charge in [0.05, 0.1) is 32.4 Å². The van der Waals surface area contributed by atoms with Crippen molar-refractivity contribution in [3.05, 3.63) is 58.4 Å². The third-order valence-corrected chi connectivity index (χ3v) is 6.66. The molecule has 0 fully saturated rings. The SMILES string of the molecule is CCC[C@@H](C)c1nc(O)c(NS(=O)(=O)CCc2ncc(F)cn2)c(=O)n1-c1c(OC)cccc1OC. The molecule has 11 nitrogen and oxygen atoms in total. The normalized spacial score (nSPS) is 12.2. The fraction of sp³-hybridized carbons (Fsp3) is 0.391. The number of para-hydroxylation sites is 1. The molecule has 13 heteroatoms. The van der Waals surface area contributed by atoms with Crippen LogP contribution in [-0.4, -0.2) is 53.0 Å². The zero-order valence-electron chi connectivity index (χ0n) is 20.4. The van der Waals surface area contributed by atoms with Crippen LogP contribution in [0.5, 0.6) is 17.4 Å². The molecule has 0 aliphatic carbocycles. The Hall–Kier alpha value is -3.74. The summed E-state index contributed by atoms with van der Waals surface area (Å²) in [6.45, 7) is 3.81. The minimum atomic E-state index is -4.16. The summed E-state index contributed by atoms with van der Waals surface area (Å²) in [5.74, 6) is -1.32. The molecule has 2 aromatic heterocycles. The number of nitrogens with one attached hydrogen (secondary N) is 1. The number of hydrogen-bond acceptors (Lipinski definition) is 9. The quantitative estimate of drug-likeness (QED) is 0.389. The van der Waals surface area contributed by atoms with E-state index in [1.54, 1.807) is 18.2 Å². The summed E-state index contributed by atoms with van der Waals surface area (Å²) in [6, 6.07) is 4.92. The molecule has 0 spiro atoms. The number of halogens is 1. The maximum absolute atomic E-state index is 13.7. The summed E-state index contributed by atoms with van der Waals surface area (Å²) in [7, 11) is -1.31. The van der Waals surface area contributed by atoms with Gasteiger partial charge in [0.25, 0.3) is 5.56 Å². The van der Waals surface area contributed by atoms with Crippen LogP contribution in [0.3, 0.4) is 0 Å². The molecular weight excluding hydrogens is 493 g/mol. The highest BCUT2D eigenvalue weighted by molar-refractivity contribution is 7.92. The second-order valence-corrected chi connectivity index (χ2v) is 9.84. The number of methoxy groups -OCH3 is 2. The maximum atomic E-state index is 13.7. The van der Waals surface area contributed by atoms with Gasteiger partial charge in [-0.15, -0.1) is 0 Å². The largest absolute Gasteiger partial charge is 0.494 e. The fourth-order valence-corrected chi connectivity index (χ4v) is 4.72. The van der Waals surface area contributed by atoms with E-state index in [0.717, 1.165) is 18.8 Å². The molecule has 194 valence electrons. The van der Waals surface area contributed by atoms with E-state index >= 15 is 0 Å². The van der Waals surface area contributed by atoms with Gasteiger partial charge in [-0.2, -0.15) is 4.98 Å². The first-order chi connectivity index (χ1) is 17.1. The van der Waals surface area contributed by atoms with Gasteiger partial charge in [-0.05, 0) is 18.6 Å². The lowest BCUT2D eigenvalue weighted by molar-refractivity contribution is 0.387. The lowest BCUT2D eigenvalue weighted by atomic mass is 10.0. The second kappa shape index (κ2) is 11.3. The van der Waals surface area contributed by atoms with Crippen molar-refractivity contribution in [2.24, 2.45) is 0 Å². The summed E-state index contributed by atoms with van der Waals surface area (Å²) in [4.78, 5) is 25.4. The molecule has 0 bridgehead atoms. The van der Waals surface area contributed by atoms with Crippen LogP contribution in [0, 0.1) is 5.82 Å². The van der Waals surface area contributed by atoms with E-state index in [-0.39, 0.29) is 41.2 Å². The standard InChI is InChI=1S/C23H28FN5O6S/c1-5-7-14(2)21-27-22(30)19(28-36(32,33)11-10-18-25-12-15(24)13-26-18)23(31)29(21)20-16(34-3)8-6-9-17(20)35-4/h6,8-9,12-14,28,30H,5,7,10-11H2,1-4H3/t14-/m1/s1. The van der Waals surface area contributed by atoms with Gasteiger partial charge < -0.3 is 14.6 Å². The summed E-state index contributed by atoms with van der Waals surface area (Å²) in [5.41, 5.74) is -1.27. The van der Waals surface area contributed by atoms with Gasteiger partial charge in [0, 0.05) is 12.3 Å². The van der Waals surface area contributed by atoms with Gasteiger partial charge in [-0.25, -0.2) is 22.8 Å². The monoisotopic (exact) mass is 521 g/mol. The molecule has 1 atom stereocenters. The number of ether oxygens (including phenoxy) is 2. The number of sulfonamides is 1. The van der Waals surface area contributed by atoms with Crippen LogP contribution in [0.25, 0.3) is 5.69 Å². The van der Waals surface area contributed by atoms with Crippen LogP contribution in [-0.2, 0) is 16.4 Å². The van der Waals surface area contributed by atoms with Crippen molar-refractivity contribution in [2.75, 3.05) is 24.7 Å². The van der Waals surface area contributed by atoms with Crippen molar-refractivity contribution in [1.82, 2.24) is 19.5 Å². The Balaban J connectivity index is 2.12. The van der Waals surface area contributed by atoms with Crippen LogP contribution in [0.2, 0.25) is 0 Å². The first-order valence-electron chi connectivity index (χ1n) is 11.2. The number of hydrogen-bond donors (Lipinski definition) is 2. The first kappa shape index (κ1) is 26.9. The Morgan fingerprint density at radius 1 is 1.17 bits per heavy atom. The number of rotatable bonds is 11. The number of aryl methyl sites for hydroxylation is 1. The van der Waals surface area contributed by atoms with E-state index < -0.39 is 38.7 Å². The molecule has 0 aliphatic rings. The Morgan fingerprint density at radius 3 is 2.33 bits per heavy atom.